The summed E-state index contributed by atoms with van der Waals surface area (Å²) in [7, 11) is 0. The van der Waals surface area contributed by atoms with Gasteiger partial charge in [-0.25, -0.2) is 14.2 Å². The van der Waals surface area contributed by atoms with E-state index in [-0.39, 0.29) is 29.8 Å². The Morgan fingerprint density at radius 2 is 1.84 bits per heavy atom. The molecule has 5 rings (SSSR count). The Bertz CT molecular complexity index is 1230. The highest BCUT2D eigenvalue weighted by Crippen LogP contribution is 2.35. The highest BCUT2D eigenvalue weighted by molar-refractivity contribution is 5.98. The quantitative estimate of drug-likeness (QED) is 0.469. The van der Waals surface area contributed by atoms with Gasteiger partial charge in [0.1, 0.15) is 5.82 Å². The molecule has 2 amide bonds. The van der Waals surface area contributed by atoms with Crippen molar-refractivity contribution in [3.05, 3.63) is 78.0 Å². The summed E-state index contributed by atoms with van der Waals surface area (Å²) in [6.45, 7) is 1.86. The van der Waals surface area contributed by atoms with Crippen molar-refractivity contribution >= 4 is 12.0 Å². The summed E-state index contributed by atoms with van der Waals surface area (Å²) in [5.74, 6) is -0.431. The molecule has 0 unspecified atom stereocenters. The number of imidazole rings is 1. The molecule has 2 heterocycles. The van der Waals surface area contributed by atoms with Gasteiger partial charge in [0.2, 0.25) is 0 Å². The number of hydrogen-bond acceptors (Lipinski definition) is 4. The minimum Gasteiger partial charge on any atom is -0.465 e. The molecule has 0 spiro atoms. The third-order valence-corrected chi connectivity index (χ3v) is 7.43. The van der Waals surface area contributed by atoms with Gasteiger partial charge in [0.25, 0.3) is 5.91 Å². The number of rotatable bonds is 6. The summed E-state index contributed by atoms with van der Waals surface area (Å²) in [6.07, 6.45) is 4.73. The van der Waals surface area contributed by atoms with E-state index in [2.05, 4.69) is 15.6 Å². The van der Waals surface area contributed by atoms with E-state index >= 15 is 0 Å². The maximum absolute atomic E-state index is 14.1. The Balaban J connectivity index is 1.50. The first-order valence-corrected chi connectivity index (χ1v) is 12.9. The average molecular weight is 506 g/mol. The van der Waals surface area contributed by atoms with Crippen LogP contribution in [0, 0.1) is 5.82 Å². The summed E-state index contributed by atoms with van der Waals surface area (Å²) in [5.41, 5.74) is 2.92. The Morgan fingerprint density at radius 3 is 2.59 bits per heavy atom. The lowest BCUT2D eigenvalue weighted by Crippen LogP contribution is -2.54. The lowest BCUT2D eigenvalue weighted by molar-refractivity contribution is 0.0631. The molecule has 8 nitrogen and oxygen atoms in total. The number of piperazine rings is 1. The summed E-state index contributed by atoms with van der Waals surface area (Å²) in [4.78, 5) is 32.1. The van der Waals surface area contributed by atoms with Gasteiger partial charge in [0.15, 0.2) is 5.69 Å². The standard InChI is InChI=1S/C28H32FN5O3/c29-21-12-10-19(11-13-21)16-22-17-30-14-15-33(22)27(35)25-26(20-6-2-1-3-7-20)34(18-31-25)24-9-5-4-8-23(24)32-28(36)37/h1-3,6-7,10-13,18,22-24,30,32H,4-5,8-9,14-17H2,(H,36,37)/t22-,23+,24+/m1/s1. The molecule has 3 atom stereocenters. The minimum absolute atomic E-state index is 0.100. The summed E-state index contributed by atoms with van der Waals surface area (Å²) >= 11 is 0. The van der Waals surface area contributed by atoms with Crippen LogP contribution in [0.1, 0.15) is 47.8 Å². The van der Waals surface area contributed by atoms with Crippen molar-refractivity contribution in [2.45, 2.75) is 50.2 Å². The van der Waals surface area contributed by atoms with Gasteiger partial charge in [-0.3, -0.25) is 4.79 Å². The van der Waals surface area contributed by atoms with E-state index in [1.165, 1.54) is 12.1 Å². The normalized spacial score (nSPS) is 22.0. The molecule has 0 bridgehead atoms. The van der Waals surface area contributed by atoms with Crippen molar-refractivity contribution in [2.24, 2.45) is 0 Å². The molecule has 1 aromatic heterocycles. The number of amides is 2. The van der Waals surface area contributed by atoms with Crippen LogP contribution in [0.25, 0.3) is 11.3 Å². The molecule has 9 heteroatoms. The van der Waals surface area contributed by atoms with Gasteiger partial charge >= 0.3 is 6.09 Å². The molecule has 0 radical (unpaired) electrons. The Morgan fingerprint density at radius 1 is 1.08 bits per heavy atom. The van der Waals surface area contributed by atoms with Crippen LogP contribution in [0.4, 0.5) is 9.18 Å². The van der Waals surface area contributed by atoms with Gasteiger partial charge in [-0.2, -0.15) is 0 Å². The zero-order valence-electron chi connectivity index (χ0n) is 20.6. The molecular weight excluding hydrogens is 473 g/mol. The fourth-order valence-electron chi connectivity index (χ4n) is 5.66. The molecule has 1 saturated carbocycles. The first-order valence-electron chi connectivity index (χ1n) is 12.9. The van der Waals surface area contributed by atoms with Crippen molar-refractivity contribution < 1.29 is 19.1 Å². The number of carbonyl (C=O) groups excluding carboxylic acids is 1. The maximum atomic E-state index is 14.1. The molecule has 3 aromatic rings. The zero-order chi connectivity index (χ0) is 25.8. The average Bonchev–Trinajstić information content (AvgIpc) is 3.35. The smallest absolute Gasteiger partial charge is 0.404 e. The molecular formula is C28H32FN5O3. The summed E-state index contributed by atoms with van der Waals surface area (Å²) in [6, 6.07) is 15.6. The Labute approximate surface area is 215 Å². The third kappa shape index (κ3) is 5.51. The van der Waals surface area contributed by atoms with Crippen LogP contribution in [0.3, 0.4) is 0 Å². The number of nitrogens with zero attached hydrogens (tertiary/aromatic N) is 3. The monoisotopic (exact) mass is 505 g/mol. The van der Waals surface area contributed by atoms with Crippen LogP contribution < -0.4 is 10.6 Å². The molecule has 2 aliphatic rings. The number of aromatic nitrogens is 2. The summed E-state index contributed by atoms with van der Waals surface area (Å²) < 4.78 is 15.4. The Hall–Kier alpha value is -3.72. The van der Waals surface area contributed by atoms with Crippen molar-refractivity contribution in [1.29, 1.82) is 0 Å². The van der Waals surface area contributed by atoms with Crippen LogP contribution in [0.5, 0.6) is 0 Å². The highest BCUT2D eigenvalue weighted by atomic mass is 19.1. The Kier molecular flexibility index (Phi) is 7.50. The number of benzene rings is 2. The van der Waals surface area contributed by atoms with Crippen LogP contribution in [0.2, 0.25) is 0 Å². The topological polar surface area (TPSA) is 99.5 Å². The fourth-order valence-corrected chi connectivity index (χ4v) is 5.66. The van der Waals surface area contributed by atoms with E-state index in [9.17, 15) is 19.1 Å². The number of carboxylic acid groups (broad SMARTS) is 1. The minimum atomic E-state index is -1.04. The van der Waals surface area contributed by atoms with Gasteiger partial charge in [0.05, 0.1) is 24.1 Å². The molecule has 194 valence electrons. The summed E-state index contributed by atoms with van der Waals surface area (Å²) in [5, 5.41) is 15.5. The molecule has 1 aliphatic heterocycles. The highest BCUT2D eigenvalue weighted by Gasteiger charge is 2.35. The molecule has 2 fully saturated rings. The molecule has 1 saturated heterocycles. The first-order chi connectivity index (χ1) is 18.0. The van der Waals surface area contributed by atoms with Crippen molar-refractivity contribution in [3.63, 3.8) is 0 Å². The lowest BCUT2D eigenvalue weighted by Gasteiger charge is -2.36. The van der Waals surface area contributed by atoms with Crippen molar-refractivity contribution in [3.8, 4) is 11.3 Å². The molecule has 37 heavy (non-hydrogen) atoms. The van der Waals surface area contributed by atoms with Crippen molar-refractivity contribution in [1.82, 2.24) is 25.1 Å². The maximum Gasteiger partial charge on any atom is 0.404 e. The van der Waals surface area contributed by atoms with E-state index < -0.39 is 6.09 Å². The number of nitrogens with one attached hydrogen (secondary N) is 2. The van der Waals surface area contributed by atoms with Gasteiger partial charge in [0, 0.05) is 31.2 Å². The number of halogens is 1. The zero-order valence-corrected chi connectivity index (χ0v) is 20.6. The van der Waals surface area contributed by atoms with E-state index in [0.29, 0.717) is 37.4 Å². The van der Waals surface area contributed by atoms with Gasteiger partial charge in [-0.1, -0.05) is 55.3 Å². The SMILES string of the molecule is O=C(O)N[C@H]1CCCC[C@@H]1n1cnc(C(=O)N2CCNC[C@H]2Cc2ccc(F)cc2)c1-c1ccccc1. The second-order valence-corrected chi connectivity index (χ2v) is 9.81. The molecule has 3 N–H and O–H groups in total. The predicted molar refractivity (Wildman–Crippen MR) is 138 cm³/mol. The lowest BCUT2D eigenvalue weighted by atomic mass is 9.89. The first kappa shape index (κ1) is 25.0. The van der Waals surface area contributed by atoms with E-state index in [1.807, 2.05) is 39.8 Å². The van der Waals surface area contributed by atoms with Gasteiger partial charge < -0.3 is 25.2 Å². The number of carbonyl (C=O) groups is 2. The molecule has 1 aliphatic carbocycles. The number of hydrogen-bond donors (Lipinski definition) is 3. The van der Waals surface area contributed by atoms with Crippen molar-refractivity contribution in [2.75, 3.05) is 19.6 Å². The van der Waals surface area contributed by atoms with Gasteiger partial charge in [-0.15, -0.1) is 0 Å². The van der Waals surface area contributed by atoms with Crippen LogP contribution in [0.15, 0.2) is 60.9 Å². The van der Waals surface area contributed by atoms with Crippen LogP contribution in [-0.2, 0) is 6.42 Å². The predicted octanol–water partition coefficient (Wildman–Crippen LogP) is 4.10. The van der Waals surface area contributed by atoms with E-state index in [1.54, 1.807) is 18.5 Å². The van der Waals surface area contributed by atoms with E-state index in [4.69, 9.17) is 0 Å². The van der Waals surface area contributed by atoms with E-state index in [0.717, 1.165) is 36.8 Å². The third-order valence-electron chi connectivity index (χ3n) is 7.43. The van der Waals surface area contributed by atoms with Crippen LogP contribution >= 0.6 is 0 Å². The molecule has 2 aromatic carbocycles. The largest absolute Gasteiger partial charge is 0.465 e. The fraction of sp³-hybridized carbons (Fsp3) is 0.393. The van der Waals surface area contributed by atoms with Gasteiger partial charge in [-0.05, 0) is 37.0 Å². The second kappa shape index (κ2) is 11.1. The van der Waals surface area contributed by atoms with Crippen LogP contribution in [-0.4, -0.2) is 63.3 Å². The second-order valence-electron chi connectivity index (χ2n) is 9.81.